The Kier molecular flexibility index (Phi) is 1.37. The van der Waals surface area contributed by atoms with E-state index >= 15 is 0 Å². The van der Waals surface area contributed by atoms with Gasteiger partial charge in [-0.2, -0.15) is 0 Å². The van der Waals surface area contributed by atoms with Crippen molar-refractivity contribution in [1.29, 1.82) is 0 Å². The first-order valence-electron chi connectivity index (χ1n) is 4.80. The molecule has 0 amide bonds. The van der Waals surface area contributed by atoms with Crippen LogP contribution in [0.15, 0.2) is 17.8 Å². The standard InChI is InChI=1S/C10H12N4/c1-6-5-9-8(11-6)3-4-10-13-12-7(2)14(9)10/h3-5,8-9,11H,1-2H3. The molecule has 14 heavy (non-hydrogen) atoms. The smallest absolute Gasteiger partial charge is 0.157 e. The molecule has 4 nitrogen and oxygen atoms in total. The number of nitrogens with zero attached hydrogens (tertiary/aromatic N) is 3. The molecule has 3 heterocycles. The van der Waals surface area contributed by atoms with Gasteiger partial charge in [0.15, 0.2) is 5.82 Å². The molecule has 4 heteroatoms. The first kappa shape index (κ1) is 7.79. The van der Waals surface area contributed by atoms with Crippen LogP contribution in [-0.2, 0) is 0 Å². The van der Waals surface area contributed by atoms with Crippen molar-refractivity contribution in [1.82, 2.24) is 20.1 Å². The number of hydrogen-bond donors (Lipinski definition) is 1. The van der Waals surface area contributed by atoms with Crippen molar-refractivity contribution in [2.75, 3.05) is 0 Å². The predicted octanol–water partition coefficient (Wildman–Crippen LogP) is 1.03. The van der Waals surface area contributed by atoms with Crippen LogP contribution in [0.1, 0.15) is 24.6 Å². The molecule has 0 saturated heterocycles. The number of aromatic nitrogens is 3. The summed E-state index contributed by atoms with van der Waals surface area (Å²) in [7, 11) is 0. The lowest BCUT2D eigenvalue weighted by Gasteiger charge is -2.23. The van der Waals surface area contributed by atoms with Gasteiger partial charge in [0.1, 0.15) is 5.82 Å². The number of nitrogens with one attached hydrogen (secondary N) is 1. The lowest BCUT2D eigenvalue weighted by atomic mass is 10.1. The maximum Gasteiger partial charge on any atom is 0.157 e. The molecular weight excluding hydrogens is 176 g/mol. The van der Waals surface area contributed by atoms with Gasteiger partial charge in [0.25, 0.3) is 0 Å². The van der Waals surface area contributed by atoms with E-state index < -0.39 is 0 Å². The third-order valence-electron chi connectivity index (χ3n) is 2.83. The maximum atomic E-state index is 4.11. The molecule has 0 radical (unpaired) electrons. The average molecular weight is 188 g/mol. The summed E-state index contributed by atoms with van der Waals surface area (Å²) >= 11 is 0. The van der Waals surface area contributed by atoms with E-state index in [4.69, 9.17) is 0 Å². The van der Waals surface area contributed by atoms with E-state index in [1.54, 1.807) is 0 Å². The summed E-state index contributed by atoms with van der Waals surface area (Å²) in [6.45, 7) is 4.08. The van der Waals surface area contributed by atoms with Crippen molar-refractivity contribution in [3.8, 4) is 0 Å². The number of hydrogen-bond acceptors (Lipinski definition) is 3. The van der Waals surface area contributed by atoms with Crippen LogP contribution in [0.25, 0.3) is 6.08 Å². The third kappa shape index (κ3) is 0.880. The molecule has 2 unspecified atom stereocenters. The fraction of sp³-hybridized carbons (Fsp3) is 0.400. The Morgan fingerprint density at radius 1 is 1.36 bits per heavy atom. The van der Waals surface area contributed by atoms with E-state index in [1.807, 2.05) is 13.0 Å². The highest BCUT2D eigenvalue weighted by atomic mass is 15.3. The van der Waals surface area contributed by atoms with Crippen molar-refractivity contribution in [2.24, 2.45) is 0 Å². The van der Waals surface area contributed by atoms with Gasteiger partial charge in [-0.25, -0.2) is 0 Å². The van der Waals surface area contributed by atoms with Gasteiger partial charge in [-0.3, -0.25) is 0 Å². The molecule has 0 aliphatic carbocycles. The molecule has 0 bridgehead atoms. The largest absolute Gasteiger partial charge is 0.380 e. The second kappa shape index (κ2) is 2.47. The minimum absolute atomic E-state index is 0.352. The minimum atomic E-state index is 0.352. The fourth-order valence-corrected chi connectivity index (χ4v) is 2.21. The lowest BCUT2D eigenvalue weighted by Crippen LogP contribution is -2.31. The van der Waals surface area contributed by atoms with Crippen LogP contribution in [0.4, 0.5) is 0 Å². The monoisotopic (exact) mass is 188 g/mol. The highest BCUT2D eigenvalue weighted by Gasteiger charge is 2.30. The summed E-state index contributed by atoms with van der Waals surface area (Å²) in [4.78, 5) is 0. The van der Waals surface area contributed by atoms with E-state index in [0.717, 1.165) is 11.6 Å². The summed E-state index contributed by atoms with van der Waals surface area (Å²) in [6, 6.07) is 0.724. The SMILES string of the molecule is CC1=CC2C(C=Cc3nnc(C)n32)N1. The zero-order valence-corrected chi connectivity index (χ0v) is 8.23. The van der Waals surface area contributed by atoms with E-state index in [2.05, 4.69) is 39.2 Å². The Morgan fingerprint density at radius 2 is 2.21 bits per heavy atom. The Bertz CT molecular complexity index is 441. The van der Waals surface area contributed by atoms with Crippen molar-refractivity contribution >= 4 is 6.08 Å². The highest BCUT2D eigenvalue weighted by Crippen LogP contribution is 2.29. The molecule has 0 fully saturated rings. The highest BCUT2D eigenvalue weighted by molar-refractivity contribution is 5.47. The molecule has 0 aromatic carbocycles. The Morgan fingerprint density at radius 3 is 3.07 bits per heavy atom. The zero-order valence-electron chi connectivity index (χ0n) is 8.23. The van der Waals surface area contributed by atoms with Gasteiger partial charge in [0.05, 0.1) is 12.1 Å². The van der Waals surface area contributed by atoms with Crippen LogP contribution in [0.2, 0.25) is 0 Å². The Hall–Kier alpha value is -1.58. The molecule has 0 saturated carbocycles. The third-order valence-corrected chi connectivity index (χ3v) is 2.83. The number of rotatable bonds is 0. The average Bonchev–Trinajstić information content (AvgIpc) is 2.68. The van der Waals surface area contributed by atoms with Crippen molar-refractivity contribution in [3.05, 3.63) is 29.5 Å². The van der Waals surface area contributed by atoms with Crippen molar-refractivity contribution in [3.63, 3.8) is 0 Å². The molecule has 2 aliphatic rings. The van der Waals surface area contributed by atoms with Gasteiger partial charge in [0, 0.05) is 5.70 Å². The normalized spacial score (nSPS) is 28.0. The zero-order chi connectivity index (χ0) is 9.71. The molecule has 3 rings (SSSR count). The summed E-state index contributed by atoms with van der Waals surface area (Å²) in [5.41, 5.74) is 1.23. The van der Waals surface area contributed by atoms with Crippen LogP contribution in [0, 0.1) is 6.92 Å². The van der Waals surface area contributed by atoms with Crippen molar-refractivity contribution < 1.29 is 0 Å². The van der Waals surface area contributed by atoms with E-state index in [-0.39, 0.29) is 0 Å². The molecule has 0 spiro atoms. The first-order valence-corrected chi connectivity index (χ1v) is 4.80. The Balaban J connectivity index is 2.17. The number of aryl methyl sites for hydroxylation is 1. The van der Waals surface area contributed by atoms with Crippen LogP contribution in [0.5, 0.6) is 0 Å². The lowest BCUT2D eigenvalue weighted by molar-refractivity contribution is 0.507. The molecule has 1 N–H and O–H groups in total. The van der Waals surface area contributed by atoms with Crippen LogP contribution in [-0.4, -0.2) is 20.8 Å². The van der Waals surface area contributed by atoms with Crippen LogP contribution in [0.3, 0.4) is 0 Å². The maximum absolute atomic E-state index is 4.11. The molecule has 2 aliphatic heterocycles. The summed E-state index contributed by atoms with van der Waals surface area (Å²) in [5, 5.41) is 11.6. The molecule has 2 atom stereocenters. The number of fused-ring (bicyclic) bond motifs is 3. The van der Waals surface area contributed by atoms with Gasteiger partial charge in [-0.05, 0) is 26.0 Å². The van der Waals surface area contributed by atoms with E-state index in [9.17, 15) is 0 Å². The molecule has 72 valence electrons. The summed E-state index contributed by atoms with van der Waals surface area (Å²) < 4.78 is 2.17. The van der Waals surface area contributed by atoms with Crippen LogP contribution >= 0.6 is 0 Å². The Labute approximate surface area is 82.3 Å². The second-order valence-corrected chi connectivity index (χ2v) is 3.84. The van der Waals surface area contributed by atoms with Gasteiger partial charge >= 0.3 is 0 Å². The number of allylic oxidation sites excluding steroid dienone is 1. The fourth-order valence-electron chi connectivity index (χ4n) is 2.21. The van der Waals surface area contributed by atoms with Gasteiger partial charge in [-0.1, -0.05) is 6.08 Å². The molecular formula is C10H12N4. The van der Waals surface area contributed by atoms with Gasteiger partial charge in [-0.15, -0.1) is 10.2 Å². The second-order valence-electron chi connectivity index (χ2n) is 3.84. The molecule has 1 aromatic rings. The molecule has 1 aromatic heterocycles. The van der Waals surface area contributed by atoms with Crippen molar-refractivity contribution in [2.45, 2.75) is 25.9 Å². The summed E-state index contributed by atoms with van der Waals surface area (Å²) in [6.07, 6.45) is 6.41. The minimum Gasteiger partial charge on any atom is -0.380 e. The van der Waals surface area contributed by atoms with Gasteiger partial charge < -0.3 is 9.88 Å². The first-order chi connectivity index (χ1) is 6.75. The van der Waals surface area contributed by atoms with E-state index in [0.29, 0.717) is 12.1 Å². The quantitative estimate of drug-likeness (QED) is 0.661. The van der Waals surface area contributed by atoms with Crippen LogP contribution < -0.4 is 5.32 Å². The van der Waals surface area contributed by atoms with E-state index in [1.165, 1.54) is 5.70 Å². The summed E-state index contributed by atoms with van der Waals surface area (Å²) in [5.74, 6) is 1.93. The van der Waals surface area contributed by atoms with Gasteiger partial charge in [0.2, 0.25) is 0 Å². The topological polar surface area (TPSA) is 42.7 Å². The predicted molar refractivity (Wildman–Crippen MR) is 53.5 cm³/mol.